The van der Waals surface area contributed by atoms with Crippen molar-refractivity contribution in [2.75, 3.05) is 6.61 Å². The quantitative estimate of drug-likeness (QED) is 0.502. The first kappa shape index (κ1) is 21.5. The number of hydrogen-bond donors (Lipinski definition) is 2. The molecule has 0 rings (SSSR count). The molecule has 132 valence electrons. The molecule has 0 bridgehead atoms. The van der Waals surface area contributed by atoms with Gasteiger partial charge in [-0.15, -0.1) is 0 Å². The molecule has 0 aromatic rings. The normalized spacial score (nSPS) is 15.8. The van der Waals surface area contributed by atoms with Crippen LogP contribution < -0.4 is 0 Å². The van der Waals surface area contributed by atoms with Crippen LogP contribution in [0.25, 0.3) is 0 Å². The molecule has 0 radical (unpaired) electrons. The van der Waals surface area contributed by atoms with Crippen molar-refractivity contribution in [2.24, 2.45) is 10.8 Å². The minimum Gasteiger partial charge on any atom is -0.465 e. The highest BCUT2D eigenvalue weighted by atomic mass is 16.5. The average Bonchev–Trinajstić information content (AvgIpc) is 2.41. The smallest absolute Gasteiger partial charge is 0.302 e. The van der Waals surface area contributed by atoms with Crippen molar-refractivity contribution < 1.29 is 24.5 Å². The summed E-state index contributed by atoms with van der Waals surface area (Å²) in [5.41, 5.74) is -1.19. The van der Waals surface area contributed by atoms with Crippen molar-refractivity contribution in [2.45, 2.75) is 60.2 Å². The summed E-state index contributed by atoms with van der Waals surface area (Å²) in [5, 5.41) is 19.5. The molecule has 0 saturated carbocycles. The van der Waals surface area contributed by atoms with E-state index in [-0.39, 0.29) is 24.2 Å². The van der Waals surface area contributed by atoms with Gasteiger partial charge in [0.15, 0.2) is 0 Å². The number of aliphatic hydroxyl groups is 2. The van der Waals surface area contributed by atoms with Gasteiger partial charge in [0.2, 0.25) is 0 Å². The van der Waals surface area contributed by atoms with Gasteiger partial charge in [0.05, 0.1) is 17.6 Å². The first-order valence-electron chi connectivity index (χ1n) is 7.77. The summed E-state index contributed by atoms with van der Waals surface area (Å²) < 4.78 is 4.87. The Balaban J connectivity index is 4.51. The van der Waals surface area contributed by atoms with Crippen molar-refractivity contribution in [3.63, 3.8) is 0 Å². The molecule has 0 aliphatic carbocycles. The number of rotatable bonds is 9. The lowest BCUT2D eigenvalue weighted by atomic mass is 9.86. The topological polar surface area (TPSA) is 83.8 Å². The van der Waals surface area contributed by atoms with Crippen molar-refractivity contribution in [3.05, 3.63) is 24.3 Å². The second-order valence-corrected chi connectivity index (χ2v) is 7.10. The number of allylic oxidation sites excluding steroid dienone is 2. The summed E-state index contributed by atoms with van der Waals surface area (Å²) in [5.74, 6) is -0.610. The standard InChI is InChI=1S/C18H30O5/c1-13(19)17(3,4)10-8-7-9-15(21)11-16(22)18(5,6)12-23-14(2)20/h7-10,13,15,19,21H,11-12H2,1-6H3/b9-7?,10-8+/t13-,15+/m0/s1. The van der Waals surface area contributed by atoms with Gasteiger partial charge in [0.1, 0.15) is 12.4 Å². The van der Waals surface area contributed by atoms with Crippen molar-refractivity contribution in [3.8, 4) is 0 Å². The monoisotopic (exact) mass is 326 g/mol. The lowest BCUT2D eigenvalue weighted by molar-refractivity contribution is -0.147. The molecule has 0 aliphatic heterocycles. The Morgan fingerprint density at radius 2 is 1.70 bits per heavy atom. The van der Waals surface area contributed by atoms with Gasteiger partial charge < -0.3 is 14.9 Å². The van der Waals surface area contributed by atoms with Crippen LogP contribution in [-0.4, -0.2) is 40.8 Å². The molecule has 23 heavy (non-hydrogen) atoms. The number of Topliss-reactive ketones (excluding diaryl/α,β-unsaturated/α-hetero) is 1. The molecule has 0 fully saturated rings. The number of ketones is 1. The van der Waals surface area contributed by atoms with Gasteiger partial charge in [-0.1, -0.05) is 38.2 Å². The van der Waals surface area contributed by atoms with Gasteiger partial charge in [-0.2, -0.15) is 0 Å². The van der Waals surface area contributed by atoms with Gasteiger partial charge in [-0.3, -0.25) is 9.59 Å². The minimum atomic E-state index is -0.904. The fourth-order valence-electron chi connectivity index (χ4n) is 1.53. The Kier molecular flexibility index (Phi) is 8.42. The number of aliphatic hydroxyl groups excluding tert-OH is 2. The first-order valence-corrected chi connectivity index (χ1v) is 7.77. The molecular formula is C18H30O5. The van der Waals surface area contributed by atoms with E-state index in [0.717, 1.165) is 0 Å². The minimum absolute atomic E-state index is 0.0000809. The maximum atomic E-state index is 12.1. The largest absolute Gasteiger partial charge is 0.465 e. The molecule has 0 aromatic heterocycles. The lowest BCUT2D eigenvalue weighted by Crippen LogP contribution is -2.32. The lowest BCUT2D eigenvalue weighted by Gasteiger charge is -2.23. The van der Waals surface area contributed by atoms with Crippen molar-refractivity contribution in [1.82, 2.24) is 0 Å². The van der Waals surface area contributed by atoms with Gasteiger partial charge in [-0.25, -0.2) is 0 Å². The highest BCUT2D eigenvalue weighted by Crippen LogP contribution is 2.22. The number of esters is 1. The molecule has 0 spiro atoms. The molecule has 0 unspecified atom stereocenters. The fourth-order valence-corrected chi connectivity index (χ4v) is 1.53. The zero-order valence-electron chi connectivity index (χ0n) is 15.0. The Labute approximate surface area is 139 Å². The third-order valence-corrected chi connectivity index (χ3v) is 3.83. The van der Waals surface area contributed by atoms with Crippen LogP contribution in [0.5, 0.6) is 0 Å². The van der Waals surface area contributed by atoms with Crippen LogP contribution in [-0.2, 0) is 14.3 Å². The van der Waals surface area contributed by atoms with Crippen LogP contribution in [0, 0.1) is 10.8 Å². The first-order chi connectivity index (χ1) is 10.4. The van der Waals surface area contributed by atoms with E-state index in [1.807, 2.05) is 19.9 Å². The third-order valence-electron chi connectivity index (χ3n) is 3.83. The fraction of sp³-hybridized carbons (Fsp3) is 0.667. The maximum Gasteiger partial charge on any atom is 0.302 e. The zero-order valence-corrected chi connectivity index (χ0v) is 15.0. The molecule has 0 aliphatic rings. The molecule has 5 nitrogen and oxygen atoms in total. The van der Waals surface area contributed by atoms with Crippen molar-refractivity contribution >= 4 is 11.8 Å². The van der Waals surface area contributed by atoms with Crippen molar-refractivity contribution in [1.29, 1.82) is 0 Å². The molecule has 5 heteroatoms. The van der Waals surface area contributed by atoms with Gasteiger partial charge >= 0.3 is 5.97 Å². The van der Waals surface area contributed by atoms with E-state index < -0.39 is 23.6 Å². The van der Waals surface area contributed by atoms with Crippen LogP contribution in [0.2, 0.25) is 0 Å². The molecule has 2 N–H and O–H groups in total. The van der Waals surface area contributed by atoms with E-state index in [0.29, 0.717) is 0 Å². The average molecular weight is 326 g/mol. The highest BCUT2D eigenvalue weighted by molar-refractivity contribution is 5.85. The number of carbonyl (C=O) groups is 2. The van der Waals surface area contributed by atoms with Crippen LogP contribution in [0.15, 0.2) is 24.3 Å². The number of hydrogen-bond acceptors (Lipinski definition) is 5. The second-order valence-electron chi connectivity index (χ2n) is 7.10. The van der Waals surface area contributed by atoms with E-state index in [1.165, 1.54) is 13.0 Å². The van der Waals surface area contributed by atoms with Crippen LogP contribution >= 0.6 is 0 Å². The van der Waals surface area contributed by atoms with Gasteiger partial charge in [-0.05, 0) is 20.8 Å². The zero-order chi connectivity index (χ0) is 18.3. The summed E-state index contributed by atoms with van der Waals surface area (Å²) in [7, 11) is 0. The third kappa shape index (κ3) is 8.67. The Bertz CT molecular complexity index is 458. The molecular weight excluding hydrogens is 296 g/mol. The van der Waals surface area contributed by atoms with E-state index in [2.05, 4.69) is 0 Å². The Hall–Kier alpha value is -1.46. The highest BCUT2D eigenvalue weighted by Gasteiger charge is 2.29. The molecule has 0 amide bonds. The summed E-state index contributed by atoms with van der Waals surface area (Å²) in [6, 6.07) is 0. The van der Waals surface area contributed by atoms with E-state index in [1.54, 1.807) is 32.9 Å². The SMILES string of the molecule is CC(=O)OCC(C)(C)C(=O)C[C@H](O)C=C/C=C/C(C)(C)[C@H](C)O. The van der Waals surface area contributed by atoms with Crippen LogP contribution in [0.1, 0.15) is 48.0 Å². The maximum absolute atomic E-state index is 12.1. The van der Waals surface area contributed by atoms with E-state index in [9.17, 15) is 19.8 Å². The predicted octanol–water partition coefficient (Wildman–Crippen LogP) is 2.42. The molecule has 0 heterocycles. The summed E-state index contributed by atoms with van der Waals surface area (Å²) in [6.07, 6.45) is 5.32. The van der Waals surface area contributed by atoms with Gasteiger partial charge in [0.25, 0.3) is 0 Å². The van der Waals surface area contributed by atoms with Gasteiger partial charge in [0, 0.05) is 18.8 Å². The molecule has 0 aromatic carbocycles. The Morgan fingerprint density at radius 1 is 1.13 bits per heavy atom. The second kappa shape index (κ2) is 8.99. The summed E-state index contributed by atoms with van der Waals surface area (Å²) in [4.78, 5) is 23.0. The van der Waals surface area contributed by atoms with E-state index >= 15 is 0 Å². The molecule has 0 saturated heterocycles. The van der Waals surface area contributed by atoms with Crippen LogP contribution in [0.3, 0.4) is 0 Å². The summed E-state index contributed by atoms with van der Waals surface area (Å²) >= 11 is 0. The number of carbonyl (C=O) groups excluding carboxylic acids is 2. The summed E-state index contributed by atoms with van der Waals surface area (Å²) in [6.45, 7) is 10.2. The Morgan fingerprint density at radius 3 is 2.17 bits per heavy atom. The number of ether oxygens (including phenoxy) is 1. The predicted molar refractivity (Wildman–Crippen MR) is 89.8 cm³/mol. The van der Waals surface area contributed by atoms with Crippen LogP contribution in [0.4, 0.5) is 0 Å². The van der Waals surface area contributed by atoms with E-state index in [4.69, 9.17) is 4.74 Å². The molecule has 2 atom stereocenters.